The van der Waals surface area contributed by atoms with E-state index in [0.717, 1.165) is 5.56 Å². The molecule has 0 bridgehead atoms. The molecule has 2 aromatic rings. The second kappa shape index (κ2) is 5.94. The Bertz CT molecular complexity index is 617. The van der Waals surface area contributed by atoms with Crippen LogP contribution in [0.4, 0.5) is 0 Å². The number of amides is 1. The Morgan fingerprint density at radius 1 is 1.26 bits per heavy atom. The Morgan fingerprint density at radius 2 is 2.00 bits per heavy atom. The van der Waals surface area contributed by atoms with Crippen LogP contribution in [0.15, 0.2) is 36.7 Å². The van der Waals surface area contributed by atoms with Crippen LogP contribution in [0.1, 0.15) is 21.6 Å². The van der Waals surface area contributed by atoms with Gasteiger partial charge in [-0.15, -0.1) is 0 Å². The number of nitriles is 1. The standard InChI is InChI=1S/C13H9ClN4O/c14-12-8-16-11(7-17-12)13(19)18-6-10-3-1-9(5-15)2-4-10/h1-4,7-8H,6H2,(H,18,19). The molecule has 1 heterocycles. The molecule has 0 spiro atoms. The highest BCUT2D eigenvalue weighted by molar-refractivity contribution is 6.29. The number of carbonyl (C=O) groups excluding carboxylic acids is 1. The van der Waals surface area contributed by atoms with Crippen molar-refractivity contribution in [1.29, 1.82) is 5.26 Å². The van der Waals surface area contributed by atoms with Crippen LogP contribution in [0.2, 0.25) is 5.15 Å². The highest BCUT2D eigenvalue weighted by Gasteiger charge is 2.07. The van der Waals surface area contributed by atoms with E-state index in [-0.39, 0.29) is 16.8 Å². The molecule has 1 N–H and O–H groups in total. The summed E-state index contributed by atoms with van der Waals surface area (Å²) in [5.74, 6) is -0.325. The van der Waals surface area contributed by atoms with Gasteiger partial charge in [-0.2, -0.15) is 5.26 Å². The summed E-state index contributed by atoms with van der Waals surface area (Å²) in [5.41, 5.74) is 1.69. The topological polar surface area (TPSA) is 78.7 Å². The number of hydrogen-bond donors (Lipinski definition) is 1. The Kier molecular flexibility index (Phi) is 4.06. The van der Waals surface area contributed by atoms with Gasteiger partial charge in [0.2, 0.25) is 0 Å². The van der Waals surface area contributed by atoms with E-state index in [1.807, 2.05) is 6.07 Å². The lowest BCUT2D eigenvalue weighted by molar-refractivity contribution is 0.0945. The number of rotatable bonds is 3. The second-order valence-corrected chi connectivity index (χ2v) is 4.10. The van der Waals surface area contributed by atoms with Gasteiger partial charge >= 0.3 is 0 Å². The first-order valence-corrected chi connectivity index (χ1v) is 5.81. The van der Waals surface area contributed by atoms with Crippen LogP contribution in [0.25, 0.3) is 0 Å². The number of nitrogens with zero attached hydrogens (tertiary/aromatic N) is 3. The van der Waals surface area contributed by atoms with Crippen molar-refractivity contribution in [1.82, 2.24) is 15.3 Å². The Balaban J connectivity index is 1.96. The molecule has 0 fully saturated rings. The van der Waals surface area contributed by atoms with E-state index in [9.17, 15) is 4.79 Å². The number of benzene rings is 1. The molecule has 5 nitrogen and oxygen atoms in total. The van der Waals surface area contributed by atoms with Crippen molar-refractivity contribution in [3.05, 3.63) is 58.6 Å². The van der Waals surface area contributed by atoms with Crippen molar-refractivity contribution in [2.45, 2.75) is 6.54 Å². The molecule has 1 aromatic heterocycles. The second-order valence-electron chi connectivity index (χ2n) is 3.72. The average Bonchev–Trinajstić information content (AvgIpc) is 2.46. The molecule has 1 amide bonds. The lowest BCUT2D eigenvalue weighted by Crippen LogP contribution is -2.23. The largest absolute Gasteiger partial charge is 0.347 e. The molecule has 94 valence electrons. The quantitative estimate of drug-likeness (QED) is 0.926. The van der Waals surface area contributed by atoms with Gasteiger partial charge in [0.15, 0.2) is 0 Å². The van der Waals surface area contributed by atoms with Gasteiger partial charge in [-0.3, -0.25) is 4.79 Å². The zero-order valence-corrected chi connectivity index (χ0v) is 10.6. The summed E-state index contributed by atoms with van der Waals surface area (Å²) in [6, 6.07) is 9.00. The number of nitrogens with one attached hydrogen (secondary N) is 1. The maximum absolute atomic E-state index is 11.7. The lowest BCUT2D eigenvalue weighted by Gasteiger charge is -2.04. The summed E-state index contributed by atoms with van der Waals surface area (Å²) in [5, 5.41) is 11.6. The van der Waals surface area contributed by atoms with Crippen LogP contribution in [-0.4, -0.2) is 15.9 Å². The van der Waals surface area contributed by atoms with Gasteiger partial charge in [-0.25, -0.2) is 9.97 Å². The van der Waals surface area contributed by atoms with Crippen molar-refractivity contribution in [3.8, 4) is 6.07 Å². The molecule has 0 atom stereocenters. The fourth-order valence-corrected chi connectivity index (χ4v) is 1.50. The zero-order valence-electron chi connectivity index (χ0n) is 9.80. The van der Waals surface area contributed by atoms with E-state index >= 15 is 0 Å². The van der Waals surface area contributed by atoms with Crippen molar-refractivity contribution in [2.24, 2.45) is 0 Å². The Morgan fingerprint density at radius 3 is 2.58 bits per heavy atom. The van der Waals surface area contributed by atoms with Crippen molar-refractivity contribution >= 4 is 17.5 Å². The average molecular weight is 273 g/mol. The van der Waals surface area contributed by atoms with Crippen LogP contribution < -0.4 is 5.32 Å². The van der Waals surface area contributed by atoms with E-state index < -0.39 is 0 Å². The number of halogens is 1. The maximum Gasteiger partial charge on any atom is 0.271 e. The van der Waals surface area contributed by atoms with Crippen molar-refractivity contribution < 1.29 is 4.79 Å². The van der Waals surface area contributed by atoms with Crippen LogP contribution in [0.3, 0.4) is 0 Å². The highest BCUT2D eigenvalue weighted by Crippen LogP contribution is 2.04. The normalized spacial score (nSPS) is 9.68. The van der Waals surface area contributed by atoms with Crippen molar-refractivity contribution in [3.63, 3.8) is 0 Å². The molecule has 0 aliphatic heterocycles. The van der Waals surface area contributed by atoms with Crippen molar-refractivity contribution in [2.75, 3.05) is 0 Å². The number of aromatic nitrogens is 2. The van der Waals surface area contributed by atoms with E-state index in [2.05, 4.69) is 15.3 Å². The van der Waals surface area contributed by atoms with Crippen LogP contribution in [-0.2, 0) is 6.54 Å². The first-order chi connectivity index (χ1) is 9.19. The fourth-order valence-electron chi connectivity index (χ4n) is 1.40. The zero-order chi connectivity index (χ0) is 13.7. The van der Waals surface area contributed by atoms with E-state index in [0.29, 0.717) is 12.1 Å². The molecule has 0 saturated carbocycles. The smallest absolute Gasteiger partial charge is 0.271 e. The van der Waals surface area contributed by atoms with Gasteiger partial charge in [0.25, 0.3) is 5.91 Å². The summed E-state index contributed by atoms with van der Waals surface area (Å²) in [6.45, 7) is 0.356. The third kappa shape index (κ3) is 3.50. The van der Waals surface area contributed by atoms with Gasteiger partial charge in [-0.1, -0.05) is 23.7 Å². The molecule has 0 radical (unpaired) electrons. The maximum atomic E-state index is 11.7. The summed E-state index contributed by atoms with van der Waals surface area (Å²) in [4.78, 5) is 19.4. The molecule has 19 heavy (non-hydrogen) atoms. The minimum atomic E-state index is -0.325. The predicted molar refractivity (Wildman–Crippen MR) is 69.4 cm³/mol. The van der Waals surface area contributed by atoms with Gasteiger partial charge in [0.05, 0.1) is 24.0 Å². The summed E-state index contributed by atoms with van der Waals surface area (Å²) >= 11 is 5.59. The summed E-state index contributed by atoms with van der Waals surface area (Å²) in [6.07, 6.45) is 2.63. The molecule has 0 saturated heterocycles. The SMILES string of the molecule is N#Cc1ccc(CNC(=O)c2cnc(Cl)cn2)cc1. The monoisotopic (exact) mass is 272 g/mol. The van der Waals surface area contributed by atoms with Gasteiger partial charge < -0.3 is 5.32 Å². The predicted octanol–water partition coefficient (Wildman–Crippen LogP) is 1.93. The summed E-state index contributed by atoms with van der Waals surface area (Å²) in [7, 11) is 0. The lowest BCUT2D eigenvalue weighted by atomic mass is 10.1. The third-order valence-corrected chi connectivity index (χ3v) is 2.58. The van der Waals surface area contributed by atoms with E-state index in [1.165, 1.54) is 12.4 Å². The van der Waals surface area contributed by atoms with Gasteiger partial charge in [0, 0.05) is 6.54 Å². The number of carbonyl (C=O) groups is 1. The summed E-state index contributed by atoms with van der Waals surface area (Å²) < 4.78 is 0. The molecule has 2 rings (SSSR count). The molecular formula is C13H9ClN4O. The first-order valence-electron chi connectivity index (χ1n) is 5.44. The Labute approximate surface area is 114 Å². The molecular weight excluding hydrogens is 264 g/mol. The minimum absolute atomic E-state index is 0.207. The van der Waals surface area contributed by atoms with E-state index in [4.69, 9.17) is 16.9 Å². The molecule has 6 heteroatoms. The molecule has 0 aliphatic rings. The Hall–Kier alpha value is -2.45. The molecule has 1 aromatic carbocycles. The van der Waals surface area contributed by atoms with E-state index in [1.54, 1.807) is 24.3 Å². The van der Waals surface area contributed by atoms with Crippen LogP contribution in [0.5, 0.6) is 0 Å². The third-order valence-electron chi connectivity index (χ3n) is 2.39. The number of hydrogen-bond acceptors (Lipinski definition) is 4. The van der Waals surface area contributed by atoms with Crippen LogP contribution in [0, 0.1) is 11.3 Å². The van der Waals surface area contributed by atoms with Crippen LogP contribution >= 0.6 is 11.6 Å². The molecule has 0 aliphatic carbocycles. The molecule has 0 unspecified atom stereocenters. The first kappa shape index (κ1) is 13.0. The highest BCUT2D eigenvalue weighted by atomic mass is 35.5. The minimum Gasteiger partial charge on any atom is -0.347 e. The van der Waals surface area contributed by atoms with Gasteiger partial charge in [-0.05, 0) is 17.7 Å². The fraction of sp³-hybridized carbons (Fsp3) is 0.0769. The van der Waals surface area contributed by atoms with Gasteiger partial charge in [0.1, 0.15) is 10.8 Å².